The van der Waals surface area contributed by atoms with E-state index < -0.39 is 4.92 Å². The van der Waals surface area contributed by atoms with Gasteiger partial charge in [0, 0.05) is 17.7 Å². The van der Waals surface area contributed by atoms with Gasteiger partial charge in [-0.2, -0.15) is 0 Å². The third kappa shape index (κ3) is 4.87. The van der Waals surface area contributed by atoms with Gasteiger partial charge in [0.15, 0.2) is 5.78 Å². The molecule has 0 saturated carbocycles. The molecule has 0 bridgehead atoms. The SMILES string of the molecule is CN(C)CCCN(c1ccccc1C(=O)c1ccccc1)c1cccnc1[N+](=O)[O-]. The summed E-state index contributed by atoms with van der Waals surface area (Å²) >= 11 is 0. The Morgan fingerprint density at radius 3 is 2.30 bits per heavy atom. The van der Waals surface area contributed by atoms with E-state index in [0.29, 0.717) is 29.0 Å². The van der Waals surface area contributed by atoms with Crippen molar-refractivity contribution in [1.82, 2.24) is 9.88 Å². The second-order valence-corrected chi connectivity index (χ2v) is 7.12. The number of para-hydroxylation sites is 1. The summed E-state index contributed by atoms with van der Waals surface area (Å²) in [6.07, 6.45) is 2.16. The summed E-state index contributed by atoms with van der Waals surface area (Å²) in [6, 6.07) is 19.6. The van der Waals surface area contributed by atoms with Gasteiger partial charge in [0.05, 0.1) is 5.69 Å². The molecule has 3 aromatic rings. The number of benzene rings is 2. The molecular weight excluding hydrogens is 380 g/mol. The Hall–Kier alpha value is -3.58. The lowest BCUT2D eigenvalue weighted by Crippen LogP contribution is -2.25. The summed E-state index contributed by atoms with van der Waals surface area (Å²) < 4.78 is 0. The fraction of sp³-hybridized carbons (Fsp3) is 0.217. The predicted octanol–water partition coefficient (Wildman–Crippen LogP) is 4.31. The standard InChI is InChI=1S/C23H24N4O3/c1-25(2)16-9-17-26(21-14-8-15-24-23(21)27(29)30)20-13-7-6-12-19(20)22(28)18-10-4-3-5-11-18/h3-8,10-15H,9,16-17H2,1-2H3. The van der Waals surface area contributed by atoms with Crippen molar-refractivity contribution < 1.29 is 9.72 Å². The topological polar surface area (TPSA) is 79.6 Å². The summed E-state index contributed by atoms with van der Waals surface area (Å²) in [5.74, 6) is -0.361. The number of aromatic nitrogens is 1. The largest absolute Gasteiger partial charge is 0.387 e. The van der Waals surface area contributed by atoms with E-state index in [4.69, 9.17) is 0 Å². The summed E-state index contributed by atoms with van der Waals surface area (Å²) in [7, 11) is 3.95. The molecule has 2 aromatic carbocycles. The van der Waals surface area contributed by atoms with Gasteiger partial charge in [-0.3, -0.25) is 4.79 Å². The lowest BCUT2D eigenvalue weighted by Gasteiger charge is -2.27. The fourth-order valence-corrected chi connectivity index (χ4v) is 3.30. The van der Waals surface area contributed by atoms with Gasteiger partial charge in [0.2, 0.25) is 0 Å². The highest BCUT2D eigenvalue weighted by Crippen LogP contribution is 2.34. The van der Waals surface area contributed by atoms with Crippen molar-refractivity contribution in [3.05, 3.63) is 94.2 Å². The van der Waals surface area contributed by atoms with Crippen LogP contribution in [0.2, 0.25) is 0 Å². The second kappa shape index (κ2) is 9.76. The highest BCUT2D eigenvalue weighted by molar-refractivity contribution is 6.12. The third-order valence-electron chi connectivity index (χ3n) is 4.69. The van der Waals surface area contributed by atoms with E-state index in [0.717, 1.165) is 13.0 Å². The van der Waals surface area contributed by atoms with Gasteiger partial charge in [-0.05, 0) is 61.2 Å². The van der Waals surface area contributed by atoms with Crippen molar-refractivity contribution in [2.45, 2.75) is 6.42 Å². The summed E-state index contributed by atoms with van der Waals surface area (Å²) in [4.78, 5) is 32.2. The number of nitro groups is 1. The molecule has 0 radical (unpaired) electrons. The van der Waals surface area contributed by atoms with Crippen LogP contribution in [0.25, 0.3) is 0 Å². The summed E-state index contributed by atoms with van der Waals surface area (Å²) in [5.41, 5.74) is 2.06. The number of hydrogen-bond acceptors (Lipinski definition) is 6. The van der Waals surface area contributed by atoms with Gasteiger partial charge >= 0.3 is 5.82 Å². The smallest absolute Gasteiger partial charge is 0.358 e. The highest BCUT2D eigenvalue weighted by atomic mass is 16.6. The van der Waals surface area contributed by atoms with Crippen LogP contribution >= 0.6 is 0 Å². The van der Waals surface area contributed by atoms with E-state index in [1.54, 1.807) is 36.4 Å². The zero-order valence-corrected chi connectivity index (χ0v) is 17.1. The van der Waals surface area contributed by atoms with E-state index in [9.17, 15) is 14.9 Å². The minimum absolute atomic E-state index is 0.129. The molecule has 30 heavy (non-hydrogen) atoms. The summed E-state index contributed by atoms with van der Waals surface area (Å²) in [5, 5.41) is 11.6. The zero-order valence-electron chi connectivity index (χ0n) is 17.1. The van der Waals surface area contributed by atoms with Gasteiger partial charge < -0.3 is 19.9 Å². The number of carbonyl (C=O) groups excluding carboxylic acids is 1. The van der Waals surface area contributed by atoms with Crippen molar-refractivity contribution in [2.24, 2.45) is 0 Å². The highest BCUT2D eigenvalue weighted by Gasteiger charge is 2.25. The predicted molar refractivity (Wildman–Crippen MR) is 117 cm³/mol. The Labute approximate surface area is 175 Å². The van der Waals surface area contributed by atoms with Crippen molar-refractivity contribution in [3.63, 3.8) is 0 Å². The van der Waals surface area contributed by atoms with E-state index in [1.165, 1.54) is 6.20 Å². The Bertz CT molecular complexity index is 1020. The molecule has 0 aliphatic heterocycles. The number of pyridine rings is 1. The average molecular weight is 404 g/mol. The third-order valence-corrected chi connectivity index (χ3v) is 4.69. The Morgan fingerprint density at radius 1 is 0.933 bits per heavy atom. The second-order valence-electron chi connectivity index (χ2n) is 7.12. The van der Waals surface area contributed by atoms with Gasteiger partial charge in [0.25, 0.3) is 0 Å². The van der Waals surface area contributed by atoms with Gasteiger partial charge in [-0.15, -0.1) is 0 Å². The number of nitrogens with zero attached hydrogens (tertiary/aromatic N) is 4. The van der Waals surface area contributed by atoms with Crippen LogP contribution in [-0.4, -0.2) is 47.8 Å². The number of carbonyl (C=O) groups is 1. The molecule has 0 atom stereocenters. The molecular formula is C23H24N4O3. The Kier molecular flexibility index (Phi) is 6.87. The molecule has 154 valence electrons. The molecule has 0 unspecified atom stereocenters. The van der Waals surface area contributed by atoms with Crippen LogP contribution in [0.3, 0.4) is 0 Å². The molecule has 0 saturated heterocycles. The van der Waals surface area contributed by atoms with Crippen molar-refractivity contribution in [1.29, 1.82) is 0 Å². The maximum atomic E-state index is 13.2. The van der Waals surface area contributed by atoms with Crippen molar-refractivity contribution in [2.75, 3.05) is 32.1 Å². The molecule has 0 N–H and O–H groups in total. The number of ketones is 1. The van der Waals surface area contributed by atoms with Crippen molar-refractivity contribution >= 4 is 23.0 Å². The lowest BCUT2D eigenvalue weighted by atomic mass is 10.0. The van der Waals surface area contributed by atoms with Crippen LogP contribution in [0.1, 0.15) is 22.3 Å². The van der Waals surface area contributed by atoms with E-state index in [2.05, 4.69) is 9.88 Å². The van der Waals surface area contributed by atoms with Gasteiger partial charge in [-0.1, -0.05) is 42.5 Å². The molecule has 3 rings (SSSR count). The first-order valence-corrected chi connectivity index (χ1v) is 9.69. The van der Waals surface area contributed by atoms with E-state index >= 15 is 0 Å². The average Bonchev–Trinajstić information content (AvgIpc) is 2.77. The van der Waals surface area contributed by atoms with Crippen LogP contribution in [0.5, 0.6) is 0 Å². The van der Waals surface area contributed by atoms with Crippen LogP contribution in [0.15, 0.2) is 72.9 Å². The molecule has 0 amide bonds. The summed E-state index contributed by atoms with van der Waals surface area (Å²) in [6.45, 7) is 1.31. The Balaban J connectivity index is 2.09. The monoisotopic (exact) mass is 404 g/mol. The van der Waals surface area contributed by atoms with Crippen LogP contribution in [0.4, 0.5) is 17.2 Å². The van der Waals surface area contributed by atoms with Crippen molar-refractivity contribution in [3.8, 4) is 0 Å². The first-order chi connectivity index (χ1) is 14.5. The minimum atomic E-state index is -0.490. The molecule has 7 nitrogen and oxygen atoms in total. The molecule has 0 fully saturated rings. The lowest BCUT2D eigenvalue weighted by molar-refractivity contribution is -0.388. The first-order valence-electron chi connectivity index (χ1n) is 9.69. The quantitative estimate of drug-likeness (QED) is 0.300. The first kappa shape index (κ1) is 21.1. The molecule has 7 heteroatoms. The molecule has 1 heterocycles. The maximum Gasteiger partial charge on any atom is 0.387 e. The Morgan fingerprint density at radius 2 is 1.60 bits per heavy atom. The van der Waals surface area contributed by atoms with E-state index in [1.807, 2.05) is 49.3 Å². The van der Waals surface area contributed by atoms with Gasteiger partial charge in [0.1, 0.15) is 11.9 Å². The van der Waals surface area contributed by atoms with Gasteiger partial charge in [-0.25, -0.2) is 0 Å². The number of hydrogen-bond donors (Lipinski definition) is 0. The zero-order chi connectivity index (χ0) is 21.5. The van der Waals surface area contributed by atoms with Crippen LogP contribution in [0, 0.1) is 10.1 Å². The molecule has 0 spiro atoms. The molecule has 0 aliphatic carbocycles. The number of anilines is 2. The fourth-order valence-electron chi connectivity index (χ4n) is 3.30. The van der Waals surface area contributed by atoms with E-state index in [-0.39, 0.29) is 11.6 Å². The van der Waals surface area contributed by atoms with Crippen LogP contribution < -0.4 is 4.90 Å². The van der Waals surface area contributed by atoms with Crippen LogP contribution in [-0.2, 0) is 0 Å². The molecule has 1 aromatic heterocycles. The molecule has 0 aliphatic rings. The maximum absolute atomic E-state index is 13.2. The number of rotatable bonds is 9. The minimum Gasteiger partial charge on any atom is -0.358 e. The normalized spacial score (nSPS) is 10.8.